The number of fused-ring (bicyclic) bond motifs is 1. The third-order valence-electron chi connectivity index (χ3n) is 4.74. The molecular formula is C18H21N5O. The van der Waals surface area contributed by atoms with E-state index in [4.69, 9.17) is 4.98 Å². The molecule has 4 rings (SSSR count). The molecule has 1 atom stereocenters. The third-order valence-corrected chi connectivity index (χ3v) is 4.74. The van der Waals surface area contributed by atoms with Gasteiger partial charge < -0.3 is 5.32 Å². The van der Waals surface area contributed by atoms with Gasteiger partial charge in [0.05, 0.1) is 17.9 Å². The fourth-order valence-electron chi connectivity index (χ4n) is 3.35. The average Bonchev–Trinajstić information content (AvgIpc) is 3.39. The summed E-state index contributed by atoms with van der Waals surface area (Å²) in [5.74, 6) is 0.965. The molecule has 0 radical (unpaired) electrons. The lowest BCUT2D eigenvalue weighted by atomic mass is 9.74. The monoisotopic (exact) mass is 323 g/mol. The predicted molar refractivity (Wildman–Crippen MR) is 88.8 cm³/mol. The van der Waals surface area contributed by atoms with Crippen LogP contribution in [0.2, 0.25) is 0 Å². The second kappa shape index (κ2) is 5.61. The first-order chi connectivity index (χ1) is 11.5. The molecule has 2 aliphatic rings. The highest BCUT2D eigenvalue weighted by atomic mass is 16.2. The molecule has 6 heteroatoms. The van der Waals surface area contributed by atoms with Crippen LogP contribution in [0.4, 0.5) is 0 Å². The minimum atomic E-state index is -0.00671. The van der Waals surface area contributed by atoms with Gasteiger partial charge in [-0.05, 0) is 31.1 Å². The largest absolute Gasteiger partial charge is 0.349 e. The van der Waals surface area contributed by atoms with Gasteiger partial charge >= 0.3 is 0 Å². The molecule has 2 aromatic heterocycles. The Bertz CT molecular complexity index is 770. The second-order valence-corrected chi connectivity index (χ2v) is 7.57. The Morgan fingerprint density at radius 2 is 2.04 bits per heavy atom. The zero-order valence-electron chi connectivity index (χ0n) is 14.0. The summed E-state index contributed by atoms with van der Waals surface area (Å²) in [6, 6.07) is -0.00671. The van der Waals surface area contributed by atoms with Crippen LogP contribution >= 0.6 is 0 Å². The van der Waals surface area contributed by atoms with Gasteiger partial charge in [0.25, 0.3) is 0 Å². The maximum atomic E-state index is 12.2. The molecule has 2 aliphatic carbocycles. The van der Waals surface area contributed by atoms with Crippen LogP contribution in [0.25, 0.3) is 11.5 Å². The highest BCUT2D eigenvalue weighted by Crippen LogP contribution is 2.41. The maximum absolute atomic E-state index is 12.2. The van der Waals surface area contributed by atoms with Gasteiger partial charge in [0.15, 0.2) is 5.82 Å². The van der Waals surface area contributed by atoms with Gasteiger partial charge in [-0.15, -0.1) is 0 Å². The predicted octanol–water partition coefficient (Wildman–Crippen LogP) is 2.47. The van der Waals surface area contributed by atoms with E-state index < -0.39 is 0 Å². The molecule has 0 saturated heterocycles. The minimum absolute atomic E-state index is 0.00671. The van der Waals surface area contributed by atoms with Crippen molar-refractivity contribution in [1.82, 2.24) is 25.3 Å². The Morgan fingerprint density at radius 3 is 2.75 bits per heavy atom. The molecule has 0 spiro atoms. The van der Waals surface area contributed by atoms with Crippen LogP contribution in [-0.4, -0.2) is 25.8 Å². The van der Waals surface area contributed by atoms with Crippen molar-refractivity contribution in [3.05, 3.63) is 36.0 Å². The number of hydrogen-bond acceptors (Lipinski definition) is 5. The van der Waals surface area contributed by atoms with Crippen LogP contribution in [0.3, 0.4) is 0 Å². The van der Waals surface area contributed by atoms with E-state index in [-0.39, 0.29) is 23.3 Å². The molecular weight excluding hydrogens is 302 g/mol. The number of amides is 1. The van der Waals surface area contributed by atoms with Crippen molar-refractivity contribution >= 4 is 5.91 Å². The van der Waals surface area contributed by atoms with Crippen molar-refractivity contribution < 1.29 is 4.79 Å². The van der Waals surface area contributed by atoms with E-state index >= 15 is 0 Å². The fourth-order valence-corrected chi connectivity index (χ4v) is 3.35. The van der Waals surface area contributed by atoms with E-state index in [9.17, 15) is 4.79 Å². The molecule has 0 aliphatic heterocycles. The first-order valence-electron chi connectivity index (χ1n) is 8.44. The van der Waals surface area contributed by atoms with Crippen LogP contribution in [0.5, 0.6) is 0 Å². The molecule has 2 aromatic rings. The van der Waals surface area contributed by atoms with Crippen LogP contribution in [0.15, 0.2) is 24.8 Å². The van der Waals surface area contributed by atoms with Crippen molar-refractivity contribution in [2.45, 2.75) is 45.6 Å². The normalized spacial score (nSPS) is 21.8. The lowest BCUT2D eigenvalue weighted by molar-refractivity contribution is -0.123. The first-order valence-corrected chi connectivity index (χ1v) is 8.44. The first kappa shape index (κ1) is 15.2. The van der Waals surface area contributed by atoms with Crippen molar-refractivity contribution in [3.8, 4) is 11.5 Å². The highest BCUT2D eigenvalue weighted by molar-refractivity contribution is 5.81. The standard InChI is InChI=1S/C18H21N5O/c1-18(2)7-13-12(14(8-18)23-17(24)11-3-4-11)9-21-16(22-13)15-10-19-5-6-20-15/h5-6,9-11,14H,3-4,7-8H2,1-2H3,(H,23,24)/t14-/m0/s1. The SMILES string of the molecule is CC1(C)Cc2nc(-c3cnccn3)ncc2[C@@H](NC(=O)C2CC2)C1. The molecule has 1 amide bonds. The molecule has 0 aromatic carbocycles. The molecule has 1 fully saturated rings. The third kappa shape index (κ3) is 3.00. The topological polar surface area (TPSA) is 80.7 Å². The van der Waals surface area contributed by atoms with Gasteiger partial charge in [0.2, 0.25) is 5.91 Å². The van der Waals surface area contributed by atoms with Crippen LogP contribution in [0, 0.1) is 11.3 Å². The molecule has 124 valence electrons. The molecule has 0 unspecified atom stereocenters. The number of carbonyl (C=O) groups excluding carboxylic acids is 1. The zero-order chi connectivity index (χ0) is 16.7. The Kier molecular flexibility index (Phi) is 3.55. The van der Waals surface area contributed by atoms with E-state index in [1.807, 2.05) is 6.20 Å². The van der Waals surface area contributed by atoms with E-state index in [0.717, 1.165) is 36.9 Å². The van der Waals surface area contributed by atoms with Crippen molar-refractivity contribution in [2.75, 3.05) is 0 Å². The summed E-state index contributed by atoms with van der Waals surface area (Å²) in [7, 11) is 0. The summed E-state index contributed by atoms with van der Waals surface area (Å²) in [5, 5.41) is 3.20. The smallest absolute Gasteiger partial charge is 0.223 e. The summed E-state index contributed by atoms with van der Waals surface area (Å²) in [4.78, 5) is 29.8. The van der Waals surface area contributed by atoms with Crippen LogP contribution < -0.4 is 5.32 Å². The molecule has 6 nitrogen and oxygen atoms in total. The second-order valence-electron chi connectivity index (χ2n) is 7.57. The van der Waals surface area contributed by atoms with Crippen molar-refractivity contribution in [1.29, 1.82) is 0 Å². The van der Waals surface area contributed by atoms with Gasteiger partial charge in [-0.1, -0.05) is 13.8 Å². The molecule has 2 heterocycles. The molecule has 0 bridgehead atoms. The lowest BCUT2D eigenvalue weighted by Crippen LogP contribution is -2.37. The summed E-state index contributed by atoms with van der Waals surface area (Å²) in [5.41, 5.74) is 2.80. The molecule has 24 heavy (non-hydrogen) atoms. The highest BCUT2D eigenvalue weighted by Gasteiger charge is 2.37. The average molecular weight is 323 g/mol. The fraction of sp³-hybridized carbons (Fsp3) is 0.500. The van der Waals surface area contributed by atoms with Gasteiger partial charge in [0, 0.05) is 30.1 Å². The van der Waals surface area contributed by atoms with E-state index in [0.29, 0.717) is 11.5 Å². The summed E-state index contributed by atoms with van der Waals surface area (Å²) < 4.78 is 0. The number of nitrogens with zero attached hydrogens (tertiary/aromatic N) is 4. The summed E-state index contributed by atoms with van der Waals surface area (Å²) >= 11 is 0. The Morgan fingerprint density at radius 1 is 1.21 bits per heavy atom. The van der Waals surface area contributed by atoms with E-state index in [2.05, 4.69) is 34.1 Å². The number of aromatic nitrogens is 4. The van der Waals surface area contributed by atoms with Crippen molar-refractivity contribution in [3.63, 3.8) is 0 Å². The van der Waals surface area contributed by atoms with Crippen LogP contribution in [0.1, 0.15) is 50.4 Å². The maximum Gasteiger partial charge on any atom is 0.223 e. The van der Waals surface area contributed by atoms with Gasteiger partial charge in [-0.2, -0.15) is 0 Å². The summed E-state index contributed by atoms with van der Waals surface area (Å²) in [6.07, 6.45) is 10.6. The quantitative estimate of drug-likeness (QED) is 0.938. The van der Waals surface area contributed by atoms with Crippen molar-refractivity contribution in [2.24, 2.45) is 11.3 Å². The Hall–Kier alpha value is -2.37. The zero-order valence-corrected chi connectivity index (χ0v) is 14.0. The molecule has 1 N–H and O–H groups in total. The van der Waals surface area contributed by atoms with Crippen LogP contribution in [-0.2, 0) is 11.2 Å². The van der Waals surface area contributed by atoms with E-state index in [1.165, 1.54) is 0 Å². The number of carbonyl (C=O) groups is 1. The Labute approximate surface area is 141 Å². The minimum Gasteiger partial charge on any atom is -0.349 e. The van der Waals surface area contributed by atoms with E-state index in [1.54, 1.807) is 18.6 Å². The van der Waals surface area contributed by atoms with Gasteiger partial charge in [-0.25, -0.2) is 15.0 Å². The van der Waals surface area contributed by atoms with Gasteiger partial charge in [-0.3, -0.25) is 9.78 Å². The Balaban J connectivity index is 1.67. The lowest BCUT2D eigenvalue weighted by Gasteiger charge is -2.36. The number of rotatable bonds is 3. The van der Waals surface area contributed by atoms with Gasteiger partial charge in [0.1, 0.15) is 5.69 Å². The number of hydrogen-bond donors (Lipinski definition) is 1. The summed E-state index contributed by atoms with van der Waals surface area (Å²) in [6.45, 7) is 4.44. The molecule has 1 saturated carbocycles. The number of nitrogens with one attached hydrogen (secondary N) is 1.